The van der Waals surface area contributed by atoms with Crippen LogP contribution in [0.3, 0.4) is 0 Å². The van der Waals surface area contributed by atoms with Crippen LogP contribution in [0.5, 0.6) is 0 Å². The molecule has 2 unspecified atom stereocenters. The van der Waals surface area contributed by atoms with Crippen LogP contribution in [0, 0.1) is 13.8 Å². The Hall–Kier alpha value is -0.910. The van der Waals surface area contributed by atoms with Crippen LogP contribution in [-0.4, -0.2) is 34.5 Å². The fourth-order valence-corrected chi connectivity index (χ4v) is 1.90. The van der Waals surface area contributed by atoms with Gasteiger partial charge in [0.25, 0.3) is 0 Å². The van der Waals surface area contributed by atoms with Gasteiger partial charge in [-0.05, 0) is 33.9 Å². The summed E-state index contributed by atoms with van der Waals surface area (Å²) in [6.45, 7) is 4.65. The zero-order valence-corrected chi connectivity index (χ0v) is 10.5. The van der Waals surface area contributed by atoms with E-state index < -0.39 is 6.10 Å². The van der Waals surface area contributed by atoms with Gasteiger partial charge in [-0.25, -0.2) is 0 Å². The maximum Gasteiger partial charge on any atom is 0.0976 e. The number of aromatic nitrogens is 2. The Kier molecular flexibility index (Phi) is 4.46. The third kappa shape index (κ3) is 2.61. The van der Waals surface area contributed by atoms with E-state index in [4.69, 9.17) is 5.73 Å². The van der Waals surface area contributed by atoms with Gasteiger partial charge in [0.15, 0.2) is 0 Å². The first-order valence-corrected chi connectivity index (χ1v) is 5.57. The van der Waals surface area contributed by atoms with E-state index >= 15 is 0 Å². The van der Waals surface area contributed by atoms with Crippen LogP contribution in [0.15, 0.2) is 0 Å². The average molecular weight is 226 g/mol. The molecule has 0 saturated carbocycles. The molecule has 4 N–H and O–H groups in total. The second-order valence-electron chi connectivity index (χ2n) is 4.21. The second-order valence-corrected chi connectivity index (χ2v) is 4.21. The number of hydrogen-bond acceptors (Lipinski definition) is 4. The molecule has 0 spiro atoms. The first kappa shape index (κ1) is 13.2. The average Bonchev–Trinajstić information content (AvgIpc) is 2.49. The minimum absolute atomic E-state index is 0.256. The van der Waals surface area contributed by atoms with Crippen LogP contribution >= 0.6 is 0 Å². The quantitative estimate of drug-likeness (QED) is 0.661. The van der Waals surface area contributed by atoms with Crippen LogP contribution in [0.1, 0.15) is 29.5 Å². The molecule has 16 heavy (non-hydrogen) atoms. The van der Waals surface area contributed by atoms with Gasteiger partial charge in [0.2, 0.25) is 0 Å². The zero-order chi connectivity index (χ0) is 12.3. The molecule has 0 aliphatic heterocycles. The van der Waals surface area contributed by atoms with Crippen molar-refractivity contribution in [1.29, 1.82) is 0 Å². The Morgan fingerprint density at radius 3 is 2.56 bits per heavy atom. The summed E-state index contributed by atoms with van der Waals surface area (Å²) in [5.74, 6) is 0. The highest BCUT2D eigenvalue weighted by molar-refractivity contribution is 5.27. The van der Waals surface area contributed by atoms with Gasteiger partial charge in [-0.2, -0.15) is 5.10 Å². The molecule has 1 aromatic rings. The lowest BCUT2D eigenvalue weighted by molar-refractivity contribution is 0.141. The van der Waals surface area contributed by atoms with Crippen LogP contribution in [0.25, 0.3) is 0 Å². The first-order chi connectivity index (χ1) is 7.49. The molecular formula is C11H22N4O. The summed E-state index contributed by atoms with van der Waals surface area (Å²) < 4.78 is 1.78. The highest BCUT2D eigenvalue weighted by atomic mass is 16.3. The number of aryl methyl sites for hydroxylation is 2. The second kappa shape index (κ2) is 5.43. The Labute approximate surface area is 96.6 Å². The van der Waals surface area contributed by atoms with Crippen molar-refractivity contribution >= 4 is 0 Å². The number of aliphatic hydroxyl groups excluding tert-OH is 1. The van der Waals surface area contributed by atoms with Gasteiger partial charge < -0.3 is 16.2 Å². The van der Waals surface area contributed by atoms with Crippen molar-refractivity contribution in [3.05, 3.63) is 17.0 Å². The number of aliphatic hydroxyl groups is 1. The third-order valence-electron chi connectivity index (χ3n) is 2.99. The van der Waals surface area contributed by atoms with Crippen LogP contribution in [0.4, 0.5) is 0 Å². The first-order valence-electron chi connectivity index (χ1n) is 5.57. The third-order valence-corrected chi connectivity index (χ3v) is 2.99. The normalized spacial score (nSPS) is 15.1. The SMILES string of the molecule is CNCCC(N)C(O)c1c(C)nn(C)c1C. The Bertz CT molecular complexity index is 348. The lowest BCUT2D eigenvalue weighted by Crippen LogP contribution is -2.32. The monoisotopic (exact) mass is 226 g/mol. The highest BCUT2D eigenvalue weighted by Crippen LogP contribution is 2.23. The molecule has 1 rings (SSSR count). The van der Waals surface area contributed by atoms with Crippen molar-refractivity contribution in [1.82, 2.24) is 15.1 Å². The molecule has 2 atom stereocenters. The molecule has 0 radical (unpaired) electrons. The molecule has 1 heterocycles. The van der Waals surface area contributed by atoms with Crippen LogP contribution in [0.2, 0.25) is 0 Å². The summed E-state index contributed by atoms with van der Waals surface area (Å²) in [6, 6.07) is -0.256. The Morgan fingerprint density at radius 2 is 2.12 bits per heavy atom. The van der Waals surface area contributed by atoms with E-state index in [9.17, 15) is 5.11 Å². The Balaban J connectivity index is 2.82. The van der Waals surface area contributed by atoms with Crippen molar-refractivity contribution in [2.75, 3.05) is 13.6 Å². The topological polar surface area (TPSA) is 76.1 Å². The van der Waals surface area contributed by atoms with Gasteiger partial charge in [-0.3, -0.25) is 4.68 Å². The van der Waals surface area contributed by atoms with Gasteiger partial charge in [0, 0.05) is 24.3 Å². The number of nitrogens with zero attached hydrogens (tertiary/aromatic N) is 2. The molecule has 0 aromatic carbocycles. The van der Waals surface area contributed by atoms with Gasteiger partial charge >= 0.3 is 0 Å². The summed E-state index contributed by atoms with van der Waals surface area (Å²) in [6.07, 6.45) is 0.105. The zero-order valence-electron chi connectivity index (χ0n) is 10.5. The predicted molar refractivity (Wildman–Crippen MR) is 64.2 cm³/mol. The molecule has 0 fully saturated rings. The summed E-state index contributed by atoms with van der Waals surface area (Å²) >= 11 is 0. The van der Waals surface area contributed by atoms with Crippen molar-refractivity contribution in [2.24, 2.45) is 12.8 Å². The van der Waals surface area contributed by atoms with Crippen molar-refractivity contribution in [2.45, 2.75) is 32.4 Å². The Morgan fingerprint density at radius 1 is 1.50 bits per heavy atom. The van der Waals surface area contributed by atoms with Gasteiger partial charge in [-0.1, -0.05) is 0 Å². The largest absolute Gasteiger partial charge is 0.387 e. The van der Waals surface area contributed by atoms with E-state index in [0.717, 1.165) is 29.9 Å². The predicted octanol–water partition coefficient (Wildman–Crippen LogP) is 0.00714. The summed E-state index contributed by atoms with van der Waals surface area (Å²) in [7, 11) is 3.75. The minimum Gasteiger partial charge on any atom is -0.387 e. The number of nitrogens with one attached hydrogen (secondary N) is 1. The molecule has 0 amide bonds. The van der Waals surface area contributed by atoms with Gasteiger partial charge in [0.1, 0.15) is 0 Å². The lowest BCUT2D eigenvalue weighted by Gasteiger charge is -2.19. The number of nitrogens with two attached hydrogens (primary N) is 1. The number of rotatable bonds is 5. The fourth-order valence-electron chi connectivity index (χ4n) is 1.90. The van der Waals surface area contributed by atoms with Crippen molar-refractivity contribution in [3.63, 3.8) is 0 Å². The molecule has 0 bridgehead atoms. The van der Waals surface area contributed by atoms with Crippen molar-refractivity contribution < 1.29 is 5.11 Å². The van der Waals surface area contributed by atoms with Crippen molar-refractivity contribution in [3.8, 4) is 0 Å². The molecule has 1 aromatic heterocycles. The maximum atomic E-state index is 10.2. The van der Waals surface area contributed by atoms with Crippen LogP contribution < -0.4 is 11.1 Å². The molecule has 92 valence electrons. The van der Waals surface area contributed by atoms with E-state index in [0.29, 0.717) is 0 Å². The van der Waals surface area contributed by atoms with Crippen LogP contribution in [-0.2, 0) is 7.05 Å². The van der Waals surface area contributed by atoms with E-state index in [1.807, 2.05) is 27.9 Å². The summed E-state index contributed by atoms with van der Waals surface area (Å²) in [5, 5.41) is 17.5. The molecule has 5 nitrogen and oxygen atoms in total. The fraction of sp³-hybridized carbons (Fsp3) is 0.727. The van der Waals surface area contributed by atoms with E-state index in [1.54, 1.807) is 4.68 Å². The highest BCUT2D eigenvalue weighted by Gasteiger charge is 2.23. The molecule has 0 aliphatic carbocycles. The molecular weight excluding hydrogens is 204 g/mol. The minimum atomic E-state index is -0.637. The van der Waals surface area contributed by atoms with E-state index in [1.165, 1.54) is 0 Å². The standard InChI is InChI=1S/C11H22N4O/c1-7-10(8(2)15(4)14-7)11(16)9(12)5-6-13-3/h9,11,13,16H,5-6,12H2,1-4H3. The molecule has 5 heteroatoms. The van der Waals surface area contributed by atoms with E-state index in [2.05, 4.69) is 10.4 Å². The lowest BCUT2D eigenvalue weighted by atomic mass is 9.99. The summed E-state index contributed by atoms with van der Waals surface area (Å²) in [4.78, 5) is 0. The summed E-state index contributed by atoms with van der Waals surface area (Å²) in [5.41, 5.74) is 8.65. The number of hydrogen-bond donors (Lipinski definition) is 3. The maximum absolute atomic E-state index is 10.2. The molecule has 0 saturated heterocycles. The smallest absolute Gasteiger partial charge is 0.0976 e. The molecule has 0 aliphatic rings. The van der Waals surface area contributed by atoms with E-state index in [-0.39, 0.29) is 6.04 Å². The van der Waals surface area contributed by atoms with Gasteiger partial charge in [-0.15, -0.1) is 0 Å². The van der Waals surface area contributed by atoms with Gasteiger partial charge in [0.05, 0.1) is 11.8 Å².